The second-order valence-electron chi connectivity index (χ2n) is 2.72. The highest BCUT2D eigenvalue weighted by Crippen LogP contribution is 2.13. The van der Waals surface area contributed by atoms with E-state index in [1.165, 1.54) is 18.3 Å². The summed E-state index contributed by atoms with van der Waals surface area (Å²) in [6.45, 7) is 0. The monoisotopic (exact) mass is 175 g/mol. The molecule has 0 aliphatic rings. The number of rotatable bonds is 1. The van der Waals surface area contributed by atoms with Gasteiger partial charge < -0.3 is 0 Å². The van der Waals surface area contributed by atoms with Crippen LogP contribution in [0.4, 0.5) is 4.39 Å². The summed E-state index contributed by atoms with van der Waals surface area (Å²) in [5, 5.41) is 0.769. The standard InChI is InChI=1S/C10H6FNO/c11-9-2-1-8-3-7(6-13)5-12-10(8)4-9/h1-6H. The van der Waals surface area contributed by atoms with Crippen molar-refractivity contribution in [3.05, 3.63) is 41.8 Å². The average Bonchev–Trinajstić information content (AvgIpc) is 2.17. The smallest absolute Gasteiger partial charge is 0.151 e. The Bertz CT molecular complexity index is 467. The number of carbonyl (C=O) groups excluding carboxylic acids is 1. The lowest BCUT2D eigenvalue weighted by Gasteiger charge is -1.96. The van der Waals surface area contributed by atoms with Crippen LogP contribution in [0.15, 0.2) is 30.5 Å². The summed E-state index contributed by atoms with van der Waals surface area (Å²) in [4.78, 5) is 14.3. The maximum absolute atomic E-state index is 12.7. The predicted molar refractivity (Wildman–Crippen MR) is 47.1 cm³/mol. The summed E-state index contributed by atoms with van der Waals surface area (Å²) in [5.74, 6) is -0.321. The van der Waals surface area contributed by atoms with Crippen LogP contribution in [0.1, 0.15) is 10.4 Å². The fourth-order valence-electron chi connectivity index (χ4n) is 1.18. The fourth-order valence-corrected chi connectivity index (χ4v) is 1.18. The van der Waals surface area contributed by atoms with E-state index in [0.717, 1.165) is 11.7 Å². The summed E-state index contributed by atoms with van der Waals surface area (Å²) in [5.41, 5.74) is 1.06. The zero-order valence-electron chi connectivity index (χ0n) is 6.70. The van der Waals surface area contributed by atoms with E-state index in [0.29, 0.717) is 11.1 Å². The van der Waals surface area contributed by atoms with Gasteiger partial charge in [0.05, 0.1) is 5.52 Å². The van der Waals surface area contributed by atoms with Crippen molar-refractivity contribution in [3.8, 4) is 0 Å². The molecule has 2 rings (SSSR count). The molecule has 0 atom stereocenters. The second-order valence-corrected chi connectivity index (χ2v) is 2.72. The topological polar surface area (TPSA) is 30.0 Å². The van der Waals surface area contributed by atoms with Crippen LogP contribution in [0, 0.1) is 5.82 Å². The first-order valence-electron chi connectivity index (χ1n) is 3.80. The van der Waals surface area contributed by atoms with Crippen LogP contribution < -0.4 is 0 Å². The molecule has 13 heavy (non-hydrogen) atoms. The predicted octanol–water partition coefficient (Wildman–Crippen LogP) is 2.19. The van der Waals surface area contributed by atoms with E-state index in [2.05, 4.69) is 4.98 Å². The number of pyridine rings is 1. The molecule has 1 aromatic carbocycles. The fraction of sp³-hybridized carbons (Fsp3) is 0. The molecular formula is C10H6FNO. The van der Waals surface area contributed by atoms with Crippen LogP contribution in [0.5, 0.6) is 0 Å². The largest absolute Gasteiger partial charge is 0.298 e. The zero-order valence-corrected chi connectivity index (χ0v) is 6.70. The zero-order chi connectivity index (χ0) is 9.26. The van der Waals surface area contributed by atoms with Gasteiger partial charge >= 0.3 is 0 Å². The Labute approximate surface area is 74.0 Å². The molecule has 0 fully saturated rings. The van der Waals surface area contributed by atoms with E-state index in [9.17, 15) is 9.18 Å². The highest BCUT2D eigenvalue weighted by Gasteiger charge is 1.98. The van der Waals surface area contributed by atoms with Crippen molar-refractivity contribution in [2.45, 2.75) is 0 Å². The number of nitrogens with zero attached hydrogens (tertiary/aromatic N) is 1. The van der Waals surface area contributed by atoms with Crippen molar-refractivity contribution in [1.29, 1.82) is 0 Å². The van der Waals surface area contributed by atoms with Gasteiger partial charge in [-0.05, 0) is 18.2 Å². The van der Waals surface area contributed by atoms with Crippen LogP contribution in [-0.4, -0.2) is 11.3 Å². The minimum atomic E-state index is -0.321. The lowest BCUT2D eigenvalue weighted by Crippen LogP contribution is -1.85. The van der Waals surface area contributed by atoms with Gasteiger partial charge in [0, 0.05) is 23.2 Å². The summed E-state index contributed by atoms with van der Waals surface area (Å²) >= 11 is 0. The van der Waals surface area contributed by atoms with Crippen LogP contribution in [0.3, 0.4) is 0 Å². The molecule has 2 aromatic rings. The van der Waals surface area contributed by atoms with Gasteiger partial charge in [0.15, 0.2) is 6.29 Å². The van der Waals surface area contributed by atoms with Gasteiger partial charge in [-0.15, -0.1) is 0 Å². The van der Waals surface area contributed by atoms with Crippen LogP contribution in [0.2, 0.25) is 0 Å². The van der Waals surface area contributed by atoms with E-state index >= 15 is 0 Å². The maximum Gasteiger partial charge on any atom is 0.151 e. The molecule has 0 aliphatic heterocycles. The quantitative estimate of drug-likeness (QED) is 0.622. The van der Waals surface area contributed by atoms with Gasteiger partial charge in [-0.2, -0.15) is 0 Å². The molecule has 1 aromatic heterocycles. The van der Waals surface area contributed by atoms with Gasteiger partial charge in [0.2, 0.25) is 0 Å². The highest BCUT2D eigenvalue weighted by molar-refractivity contribution is 5.85. The molecule has 0 saturated carbocycles. The molecule has 2 nitrogen and oxygen atoms in total. The third kappa shape index (κ3) is 1.40. The normalized spacial score (nSPS) is 10.2. The maximum atomic E-state index is 12.7. The number of hydrogen-bond acceptors (Lipinski definition) is 2. The first-order chi connectivity index (χ1) is 6.29. The SMILES string of the molecule is O=Cc1cnc2cc(F)ccc2c1. The van der Waals surface area contributed by atoms with E-state index in [4.69, 9.17) is 0 Å². The molecule has 0 unspecified atom stereocenters. The number of carbonyl (C=O) groups is 1. The van der Waals surface area contributed by atoms with Crippen molar-refractivity contribution >= 4 is 17.2 Å². The van der Waals surface area contributed by atoms with Crippen molar-refractivity contribution in [1.82, 2.24) is 4.98 Å². The summed E-state index contributed by atoms with van der Waals surface area (Å²) in [7, 11) is 0. The van der Waals surface area contributed by atoms with Gasteiger partial charge in [-0.3, -0.25) is 9.78 Å². The number of fused-ring (bicyclic) bond motifs is 1. The van der Waals surface area contributed by atoms with Gasteiger partial charge in [-0.25, -0.2) is 4.39 Å². The molecule has 0 amide bonds. The molecule has 64 valence electrons. The molecule has 0 saturated heterocycles. The Morgan fingerprint density at radius 2 is 2.15 bits per heavy atom. The summed E-state index contributed by atoms with van der Waals surface area (Å²) < 4.78 is 12.7. The van der Waals surface area contributed by atoms with Crippen LogP contribution >= 0.6 is 0 Å². The number of halogens is 1. The van der Waals surface area contributed by atoms with Crippen molar-refractivity contribution in [2.24, 2.45) is 0 Å². The van der Waals surface area contributed by atoms with Crippen LogP contribution in [0.25, 0.3) is 10.9 Å². The Balaban J connectivity index is 2.73. The van der Waals surface area contributed by atoms with Crippen LogP contribution in [-0.2, 0) is 0 Å². The number of aromatic nitrogens is 1. The molecular weight excluding hydrogens is 169 g/mol. The highest BCUT2D eigenvalue weighted by atomic mass is 19.1. The summed E-state index contributed by atoms with van der Waals surface area (Å²) in [6.07, 6.45) is 2.14. The number of aldehydes is 1. The third-order valence-corrected chi connectivity index (χ3v) is 1.80. The average molecular weight is 175 g/mol. The van der Waals surface area contributed by atoms with E-state index in [-0.39, 0.29) is 5.82 Å². The van der Waals surface area contributed by atoms with Gasteiger partial charge in [-0.1, -0.05) is 0 Å². The molecule has 1 heterocycles. The first kappa shape index (κ1) is 7.86. The van der Waals surface area contributed by atoms with Crippen molar-refractivity contribution < 1.29 is 9.18 Å². The Morgan fingerprint density at radius 3 is 2.92 bits per heavy atom. The van der Waals surface area contributed by atoms with E-state index < -0.39 is 0 Å². The van der Waals surface area contributed by atoms with Crippen molar-refractivity contribution in [2.75, 3.05) is 0 Å². The second kappa shape index (κ2) is 2.94. The minimum absolute atomic E-state index is 0.321. The molecule has 0 N–H and O–H groups in total. The lowest BCUT2D eigenvalue weighted by molar-refractivity contribution is 0.112. The Kier molecular flexibility index (Phi) is 1.77. The Hall–Kier alpha value is -1.77. The first-order valence-corrected chi connectivity index (χ1v) is 3.80. The molecule has 0 radical (unpaired) electrons. The number of hydrogen-bond donors (Lipinski definition) is 0. The van der Waals surface area contributed by atoms with E-state index in [1.54, 1.807) is 12.1 Å². The minimum Gasteiger partial charge on any atom is -0.298 e. The molecule has 0 aliphatic carbocycles. The Morgan fingerprint density at radius 1 is 1.31 bits per heavy atom. The van der Waals surface area contributed by atoms with Crippen molar-refractivity contribution in [3.63, 3.8) is 0 Å². The number of benzene rings is 1. The molecule has 3 heteroatoms. The van der Waals surface area contributed by atoms with Gasteiger partial charge in [0.25, 0.3) is 0 Å². The molecule has 0 spiro atoms. The van der Waals surface area contributed by atoms with E-state index in [1.807, 2.05) is 0 Å². The van der Waals surface area contributed by atoms with Gasteiger partial charge in [0.1, 0.15) is 5.82 Å². The third-order valence-electron chi connectivity index (χ3n) is 1.80. The summed E-state index contributed by atoms with van der Waals surface area (Å²) in [6, 6.07) is 5.96. The lowest BCUT2D eigenvalue weighted by atomic mass is 10.2. The molecule has 0 bridgehead atoms.